The highest BCUT2D eigenvalue weighted by Gasteiger charge is 2.30. The van der Waals surface area contributed by atoms with Gasteiger partial charge in [-0.1, -0.05) is 44.2 Å². The van der Waals surface area contributed by atoms with E-state index >= 15 is 0 Å². The van der Waals surface area contributed by atoms with Crippen LogP contribution in [-0.4, -0.2) is 49.2 Å². The molecular formula is C20H28ClFN2O2S. The fourth-order valence-corrected chi connectivity index (χ4v) is 5.36. The number of hydrogen-bond acceptors (Lipinski definition) is 3. The maximum Gasteiger partial charge on any atom is 0.218 e. The molecule has 0 N–H and O–H groups in total. The first-order chi connectivity index (χ1) is 12.8. The second-order valence-electron chi connectivity index (χ2n) is 6.76. The molecule has 1 heterocycles. The van der Waals surface area contributed by atoms with Crippen molar-refractivity contribution in [3.8, 4) is 0 Å². The van der Waals surface area contributed by atoms with Crippen LogP contribution < -0.4 is 0 Å². The van der Waals surface area contributed by atoms with Crippen LogP contribution in [-0.2, 0) is 15.8 Å². The van der Waals surface area contributed by atoms with Gasteiger partial charge in [0.15, 0.2) is 0 Å². The van der Waals surface area contributed by atoms with E-state index in [0.717, 1.165) is 24.1 Å². The Hall–Kier alpha value is -1.37. The van der Waals surface area contributed by atoms with E-state index in [1.165, 1.54) is 16.4 Å². The van der Waals surface area contributed by atoms with E-state index in [2.05, 4.69) is 18.4 Å². The minimum atomic E-state index is -3.57. The van der Waals surface area contributed by atoms with Crippen LogP contribution in [0.2, 0.25) is 0 Å². The summed E-state index contributed by atoms with van der Waals surface area (Å²) in [5.41, 5.74) is 2.25. The minimum absolute atomic E-state index is 0.116. The van der Waals surface area contributed by atoms with E-state index in [0.29, 0.717) is 26.2 Å². The van der Waals surface area contributed by atoms with Crippen LogP contribution in [0.5, 0.6) is 0 Å². The number of piperazine rings is 1. The number of benzene rings is 1. The van der Waals surface area contributed by atoms with E-state index in [1.54, 1.807) is 18.2 Å². The lowest BCUT2D eigenvalue weighted by molar-refractivity contribution is 0.222. The molecule has 0 saturated carbocycles. The van der Waals surface area contributed by atoms with Gasteiger partial charge in [0.05, 0.1) is 11.1 Å². The summed E-state index contributed by atoms with van der Waals surface area (Å²) in [6.07, 6.45) is 3.62. The van der Waals surface area contributed by atoms with Crippen LogP contribution in [0.3, 0.4) is 0 Å². The predicted molar refractivity (Wildman–Crippen MR) is 110 cm³/mol. The molecule has 1 atom stereocenters. The van der Waals surface area contributed by atoms with Crippen molar-refractivity contribution in [2.45, 2.75) is 37.8 Å². The third-order valence-electron chi connectivity index (χ3n) is 4.82. The highest BCUT2D eigenvalue weighted by atomic mass is 35.5. The molecule has 0 aliphatic carbocycles. The maximum atomic E-state index is 13.8. The van der Waals surface area contributed by atoms with Gasteiger partial charge in [0.25, 0.3) is 0 Å². The average Bonchev–Trinajstić information content (AvgIpc) is 2.64. The highest BCUT2D eigenvalue weighted by Crippen LogP contribution is 2.26. The van der Waals surface area contributed by atoms with Crippen molar-refractivity contribution in [3.63, 3.8) is 0 Å². The maximum absolute atomic E-state index is 13.8. The Kier molecular flexibility index (Phi) is 7.89. The molecule has 1 aliphatic heterocycles. The van der Waals surface area contributed by atoms with Crippen LogP contribution in [0.25, 0.3) is 0 Å². The smallest absolute Gasteiger partial charge is 0.218 e. The summed E-state index contributed by atoms with van der Waals surface area (Å²) in [5, 5.41) is -0.116. The third-order valence-corrected chi connectivity index (χ3v) is 7.07. The summed E-state index contributed by atoms with van der Waals surface area (Å²) in [6, 6.07) is 6.00. The fraction of sp³-hybridized carbons (Fsp3) is 0.500. The molecule has 0 aromatic heterocycles. The third kappa shape index (κ3) is 5.56. The van der Waals surface area contributed by atoms with Crippen LogP contribution in [0.4, 0.5) is 4.39 Å². The fourth-order valence-electron chi connectivity index (χ4n) is 3.30. The van der Waals surface area contributed by atoms with Gasteiger partial charge >= 0.3 is 0 Å². The van der Waals surface area contributed by atoms with Crippen molar-refractivity contribution in [2.75, 3.05) is 26.2 Å². The number of allylic oxidation sites excluding steroid dienone is 3. The van der Waals surface area contributed by atoms with E-state index < -0.39 is 15.8 Å². The van der Waals surface area contributed by atoms with Gasteiger partial charge in [-0.3, -0.25) is 0 Å². The molecule has 0 radical (unpaired) electrons. The zero-order valence-corrected chi connectivity index (χ0v) is 17.6. The molecule has 1 saturated heterocycles. The van der Waals surface area contributed by atoms with Gasteiger partial charge < -0.3 is 4.90 Å². The number of nitrogens with zero attached hydrogens (tertiary/aromatic N) is 2. The van der Waals surface area contributed by atoms with Gasteiger partial charge in [0.2, 0.25) is 10.0 Å². The first-order valence-electron chi connectivity index (χ1n) is 9.23. The van der Waals surface area contributed by atoms with Crippen molar-refractivity contribution in [1.82, 2.24) is 9.21 Å². The lowest BCUT2D eigenvalue weighted by Gasteiger charge is -2.38. The molecule has 0 spiro atoms. The van der Waals surface area contributed by atoms with E-state index in [9.17, 15) is 12.8 Å². The molecule has 1 aromatic carbocycles. The SMILES string of the molecule is C=C/C(C)=C(\C(Cl)CCC)N1CCN(S(=O)(=O)Cc2ccccc2F)CC1. The molecule has 1 aromatic rings. The summed E-state index contributed by atoms with van der Waals surface area (Å²) in [4.78, 5) is 2.15. The normalized spacial score (nSPS) is 18.1. The zero-order chi connectivity index (χ0) is 20.0. The average molecular weight is 415 g/mol. The Labute approximate surface area is 167 Å². The monoisotopic (exact) mass is 414 g/mol. The molecule has 7 heteroatoms. The molecule has 1 unspecified atom stereocenters. The number of rotatable bonds is 8. The summed E-state index contributed by atoms with van der Waals surface area (Å²) < 4.78 is 40.7. The Morgan fingerprint density at radius 3 is 2.48 bits per heavy atom. The quantitative estimate of drug-likeness (QED) is 0.474. The molecule has 1 aliphatic rings. The van der Waals surface area contributed by atoms with Gasteiger partial charge in [-0.15, -0.1) is 11.6 Å². The van der Waals surface area contributed by atoms with Crippen molar-refractivity contribution >= 4 is 21.6 Å². The van der Waals surface area contributed by atoms with E-state index in [-0.39, 0.29) is 16.7 Å². The lowest BCUT2D eigenvalue weighted by atomic mass is 10.1. The first-order valence-corrected chi connectivity index (χ1v) is 11.3. The molecular weight excluding hydrogens is 387 g/mol. The number of sulfonamides is 1. The van der Waals surface area contributed by atoms with Crippen molar-refractivity contribution in [1.29, 1.82) is 0 Å². The molecule has 150 valence electrons. The predicted octanol–water partition coefficient (Wildman–Crippen LogP) is 4.14. The standard InChI is InChI=1S/C20H28ClFN2O2S/c1-4-8-18(21)20(16(3)5-2)23-11-13-24(14-12-23)27(25,26)15-17-9-6-7-10-19(17)22/h5-7,9-10,18H,2,4,8,11-15H2,1,3H3/b20-16+. The van der Waals surface area contributed by atoms with E-state index in [4.69, 9.17) is 11.6 Å². The molecule has 0 amide bonds. The molecule has 1 fully saturated rings. The number of alkyl halides is 1. The summed E-state index contributed by atoms with van der Waals surface area (Å²) in [5.74, 6) is -0.807. The minimum Gasteiger partial charge on any atom is -0.371 e. The highest BCUT2D eigenvalue weighted by molar-refractivity contribution is 7.88. The first kappa shape index (κ1) is 21.9. The van der Waals surface area contributed by atoms with Gasteiger partial charge in [-0.05, 0) is 25.0 Å². The van der Waals surface area contributed by atoms with Crippen LogP contribution in [0.15, 0.2) is 48.2 Å². The van der Waals surface area contributed by atoms with Gasteiger partial charge in [0, 0.05) is 37.4 Å². The topological polar surface area (TPSA) is 40.6 Å². The van der Waals surface area contributed by atoms with Crippen molar-refractivity contribution < 1.29 is 12.8 Å². The Morgan fingerprint density at radius 1 is 1.30 bits per heavy atom. The molecule has 27 heavy (non-hydrogen) atoms. The summed E-state index contributed by atoms with van der Waals surface area (Å²) in [6.45, 7) is 9.75. The zero-order valence-electron chi connectivity index (χ0n) is 16.0. The summed E-state index contributed by atoms with van der Waals surface area (Å²) in [7, 11) is -3.57. The largest absolute Gasteiger partial charge is 0.371 e. The van der Waals surface area contributed by atoms with Crippen molar-refractivity contribution in [3.05, 3.63) is 59.6 Å². The second kappa shape index (κ2) is 9.71. The summed E-state index contributed by atoms with van der Waals surface area (Å²) >= 11 is 6.58. The van der Waals surface area contributed by atoms with Crippen LogP contribution in [0.1, 0.15) is 32.3 Å². The molecule has 4 nitrogen and oxygen atoms in total. The van der Waals surface area contributed by atoms with Gasteiger partial charge in [-0.2, -0.15) is 4.31 Å². The Bertz CT molecular complexity index is 787. The van der Waals surface area contributed by atoms with Crippen LogP contribution in [0, 0.1) is 5.82 Å². The van der Waals surface area contributed by atoms with E-state index in [1.807, 2.05) is 6.92 Å². The van der Waals surface area contributed by atoms with Gasteiger partial charge in [0.1, 0.15) is 5.82 Å². The van der Waals surface area contributed by atoms with Crippen molar-refractivity contribution in [2.24, 2.45) is 0 Å². The molecule has 2 rings (SSSR count). The second-order valence-corrected chi connectivity index (χ2v) is 9.26. The van der Waals surface area contributed by atoms with Gasteiger partial charge in [-0.25, -0.2) is 12.8 Å². The van der Waals surface area contributed by atoms with Crippen LogP contribution >= 0.6 is 11.6 Å². The number of halogens is 2. The number of hydrogen-bond donors (Lipinski definition) is 0. The lowest BCUT2D eigenvalue weighted by Crippen LogP contribution is -2.49. The Balaban J connectivity index is 2.09. The Morgan fingerprint density at radius 2 is 1.93 bits per heavy atom. The molecule has 0 bridgehead atoms.